The van der Waals surface area contributed by atoms with Gasteiger partial charge in [0.15, 0.2) is 5.96 Å². The Bertz CT molecular complexity index is 620. The topological polar surface area (TPSA) is 50.4 Å². The fraction of sp³-hybridized carbons (Fsp3) is 0.188. The van der Waals surface area contributed by atoms with Gasteiger partial charge in [-0.1, -0.05) is 24.3 Å². The molecule has 2 aromatic rings. The SMILES string of the molecule is CSCc1cc(F)ccc1CN=C(N)Nc1ccccc1.I. The summed E-state index contributed by atoms with van der Waals surface area (Å²) in [4.78, 5) is 4.31. The van der Waals surface area contributed by atoms with Crippen LogP contribution >= 0.6 is 35.7 Å². The summed E-state index contributed by atoms with van der Waals surface area (Å²) in [5.41, 5.74) is 8.70. The molecule has 0 bridgehead atoms. The van der Waals surface area contributed by atoms with Crippen LogP contribution in [0.5, 0.6) is 0 Å². The third kappa shape index (κ3) is 5.84. The number of anilines is 1. The molecule has 0 aliphatic carbocycles. The maximum atomic E-state index is 13.3. The first-order chi connectivity index (χ1) is 10.2. The van der Waals surface area contributed by atoms with Crippen LogP contribution < -0.4 is 11.1 Å². The molecule has 0 aliphatic heterocycles. The highest BCUT2D eigenvalue weighted by Crippen LogP contribution is 2.17. The molecule has 0 saturated heterocycles. The molecule has 0 spiro atoms. The Labute approximate surface area is 151 Å². The lowest BCUT2D eigenvalue weighted by atomic mass is 10.1. The number of halogens is 2. The van der Waals surface area contributed by atoms with Gasteiger partial charge in [-0.05, 0) is 41.6 Å². The van der Waals surface area contributed by atoms with Crippen molar-refractivity contribution in [1.29, 1.82) is 0 Å². The molecule has 0 amide bonds. The van der Waals surface area contributed by atoms with Gasteiger partial charge in [-0.25, -0.2) is 9.38 Å². The molecule has 6 heteroatoms. The minimum absolute atomic E-state index is 0. The summed E-state index contributed by atoms with van der Waals surface area (Å²) in [5.74, 6) is 0.886. The Balaban J connectivity index is 0.00000242. The first-order valence-electron chi connectivity index (χ1n) is 6.57. The number of thioether (sulfide) groups is 1. The first-order valence-corrected chi connectivity index (χ1v) is 7.96. The highest BCUT2D eigenvalue weighted by molar-refractivity contribution is 14.0. The van der Waals surface area contributed by atoms with E-state index >= 15 is 0 Å². The molecular weight excluding hydrogens is 412 g/mol. The molecule has 22 heavy (non-hydrogen) atoms. The van der Waals surface area contributed by atoms with E-state index in [1.165, 1.54) is 6.07 Å². The molecule has 2 aromatic carbocycles. The Kier molecular flexibility index (Phi) is 8.26. The smallest absolute Gasteiger partial charge is 0.193 e. The molecule has 2 rings (SSSR count). The van der Waals surface area contributed by atoms with Gasteiger partial charge in [-0.3, -0.25) is 0 Å². The fourth-order valence-corrected chi connectivity index (χ4v) is 2.50. The first kappa shape index (κ1) is 18.8. The van der Waals surface area contributed by atoms with Crippen molar-refractivity contribution < 1.29 is 4.39 Å². The maximum Gasteiger partial charge on any atom is 0.193 e. The number of hydrogen-bond acceptors (Lipinski definition) is 2. The third-order valence-corrected chi connectivity index (χ3v) is 3.53. The Hall–Kier alpha value is -1.28. The molecule has 0 heterocycles. The number of guanidine groups is 1. The number of benzene rings is 2. The maximum absolute atomic E-state index is 13.3. The number of nitrogens with zero attached hydrogens (tertiary/aromatic N) is 1. The molecule has 3 N–H and O–H groups in total. The Morgan fingerprint density at radius 1 is 1.18 bits per heavy atom. The van der Waals surface area contributed by atoms with E-state index in [0.717, 1.165) is 22.6 Å². The predicted molar refractivity (Wildman–Crippen MR) is 104 cm³/mol. The van der Waals surface area contributed by atoms with Crippen LogP contribution in [0.25, 0.3) is 0 Å². The number of nitrogens with two attached hydrogens (primary N) is 1. The standard InChI is InChI=1S/C16H18FN3S.HI/c1-21-11-13-9-14(17)8-7-12(13)10-19-16(18)20-15-5-3-2-4-6-15;/h2-9H,10-11H2,1H3,(H3,18,19,20);1H. The molecule has 0 aliphatic rings. The van der Waals surface area contributed by atoms with Crippen LogP contribution in [0.15, 0.2) is 53.5 Å². The number of aliphatic imine (C=N–C) groups is 1. The van der Waals surface area contributed by atoms with Gasteiger partial charge in [-0.15, -0.1) is 24.0 Å². The summed E-state index contributed by atoms with van der Waals surface area (Å²) in [5, 5.41) is 3.02. The monoisotopic (exact) mass is 431 g/mol. The second kappa shape index (κ2) is 9.68. The lowest BCUT2D eigenvalue weighted by Gasteiger charge is -2.08. The lowest BCUT2D eigenvalue weighted by Crippen LogP contribution is -2.22. The van der Waals surface area contributed by atoms with Crippen molar-refractivity contribution in [2.75, 3.05) is 11.6 Å². The van der Waals surface area contributed by atoms with Gasteiger partial charge < -0.3 is 11.1 Å². The van der Waals surface area contributed by atoms with Gasteiger partial charge >= 0.3 is 0 Å². The van der Waals surface area contributed by atoms with Gasteiger partial charge in [-0.2, -0.15) is 11.8 Å². The van der Waals surface area contributed by atoms with E-state index < -0.39 is 0 Å². The quantitative estimate of drug-likeness (QED) is 0.423. The van der Waals surface area contributed by atoms with Crippen molar-refractivity contribution in [3.63, 3.8) is 0 Å². The van der Waals surface area contributed by atoms with Crippen LogP contribution in [0.1, 0.15) is 11.1 Å². The van der Waals surface area contributed by atoms with Crippen LogP contribution in [0.2, 0.25) is 0 Å². The largest absolute Gasteiger partial charge is 0.370 e. The van der Waals surface area contributed by atoms with Crippen molar-refractivity contribution in [3.05, 3.63) is 65.5 Å². The van der Waals surface area contributed by atoms with E-state index in [-0.39, 0.29) is 29.8 Å². The van der Waals surface area contributed by atoms with E-state index in [0.29, 0.717) is 12.5 Å². The number of para-hydroxylation sites is 1. The van der Waals surface area contributed by atoms with E-state index in [4.69, 9.17) is 5.73 Å². The summed E-state index contributed by atoms with van der Waals surface area (Å²) >= 11 is 1.65. The average Bonchev–Trinajstić information content (AvgIpc) is 2.48. The zero-order chi connectivity index (χ0) is 15.1. The second-order valence-corrected chi connectivity index (χ2v) is 5.40. The van der Waals surface area contributed by atoms with E-state index in [1.807, 2.05) is 36.6 Å². The summed E-state index contributed by atoms with van der Waals surface area (Å²) in [7, 11) is 0. The highest BCUT2D eigenvalue weighted by Gasteiger charge is 2.04. The van der Waals surface area contributed by atoms with Gasteiger partial charge in [0.1, 0.15) is 5.82 Å². The normalized spacial score (nSPS) is 10.9. The molecule has 118 valence electrons. The Morgan fingerprint density at radius 2 is 1.91 bits per heavy atom. The Morgan fingerprint density at radius 3 is 2.59 bits per heavy atom. The van der Waals surface area contributed by atoms with Crippen molar-refractivity contribution >= 4 is 47.4 Å². The predicted octanol–water partition coefficient (Wildman–Crippen LogP) is 4.23. The molecule has 0 aromatic heterocycles. The molecule has 0 saturated carbocycles. The van der Waals surface area contributed by atoms with Crippen LogP contribution in [-0.4, -0.2) is 12.2 Å². The molecule has 0 radical (unpaired) electrons. The minimum atomic E-state index is -0.220. The third-order valence-electron chi connectivity index (χ3n) is 2.93. The number of nitrogens with one attached hydrogen (secondary N) is 1. The van der Waals surface area contributed by atoms with Crippen LogP contribution in [0.3, 0.4) is 0 Å². The highest BCUT2D eigenvalue weighted by atomic mass is 127. The summed E-state index contributed by atoms with van der Waals surface area (Å²) in [6.07, 6.45) is 1.99. The molecule has 3 nitrogen and oxygen atoms in total. The van der Waals surface area contributed by atoms with Gasteiger partial charge in [0.25, 0.3) is 0 Å². The van der Waals surface area contributed by atoms with Crippen molar-refractivity contribution in [1.82, 2.24) is 0 Å². The van der Waals surface area contributed by atoms with E-state index in [2.05, 4.69) is 10.3 Å². The van der Waals surface area contributed by atoms with Crippen LogP contribution in [0.4, 0.5) is 10.1 Å². The van der Waals surface area contributed by atoms with Gasteiger partial charge in [0, 0.05) is 11.4 Å². The number of hydrogen-bond donors (Lipinski definition) is 2. The zero-order valence-corrected chi connectivity index (χ0v) is 15.4. The summed E-state index contributed by atoms with van der Waals surface area (Å²) in [6.45, 7) is 0.432. The number of rotatable bonds is 5. The molecule has 0 fully saturated rings. The average molecular weight is 431 g/mol. The van der Waals surface area contributed by atoms with Gasteiger partial charge in [0.2, 0.25) is 0 Å². The van der Waals surface area contributed by atoms with Crippen molar-refractivity contribution in [2.45, 2.75) is 12.3 Å². The van der Waals surface area contributed by atoms with Gasteiger partial charge in [0.05, 0.1) is 6.54 Å². The molecule has 0 unspecified atom stereocenters. The van der Waals surface area contributed by atoms with E-state index in [1.54, 1.807) is 23.9 Å². The van der Waals surface area contributed by atoms with Crippen LogP contribution in [-0.2, 0) is 12.3 Å². The second-order valence-electron chi connectivity index (χ2n) is 4.54. The van der Waals surface area contributed by atoms with Crippen molar-refractivity contribution in [3.8, 4) is 0 Å². The molecular formula is C16H19FIN3S. The summed E-state index contributed by atoms with van der Waals surface area (Å²) in [6, 6.07) is 14.4. The lowest BCUT2D eigenvalue weighted by molar-refractivity contribution is 0.625. The molecule has 0 atom stereocenters. The minimum Gasteiger partial charge on any atom is -0.370 e. The van der Waals surface area contributed by atoms with E-state index in [9.17, 15) is 4.39 Å². The fourth-order valence-electron chi connectivity index (χ4n) is 1.92. The van der Waals surface area contributed by atoms with Crippen LogP contribution in [0, 0.1) is 5.82 Å². The zero-order valence-electron chi connectivity index (χ0n) is 12.3. The summed E-state index contributed by atoms with van der Waals surface area (Å²) < 4.78 is 13.3. The van der Waals surface area contributed by atoms with Crippen molar-refractivity contribution in [2.24, 2.45) is 10.7 Å².